The number of carbonyl (C=O) groups excluding carboxylic acids is 1. The first-order chi connectivity index (χ1) is 44.6. The van der Waals surface area contributed by atoms with Crippen LogP contribution in [0, 0.1) is 0 Å². The van der Waals surface area contributed by atoms with Crippen LogP contribution in [0.5, 0.6) is 0 Å². The molecule has 12 atom stereocenters. The van der Waals surface area contributed by atoms with E-state index < -0.39 is 86.8 Å². The molecule has 0 aromatic carbocycles. The molecule has 2 rings (SSSR count). The lowest BCUT2D eigenvalue weighted by Gasteiger charge is -2.46. The van der Waals surface area contributed by atoms with Gasteiger partial charge in [0.15, 0.2) is 12.6 Å². The number of aliphatic hydroxyl groups is 8. The molecule has 2 heterocycles. The van der Waals surface area contributed by atoms with E-state index in [-0.39, 0.29) is 18.9 Å². The van der Waals surface area contributed by atoms with Crippen LogP contribution in [-0.2, 0) is 23.7 Å². The molecule has 14 nitrogen and oxygen atoms in total. The fraction of sp³-hybridized carbons (Fsp3) is 0.649. The van der Waals surface area contributed by atoms with Gasteiger partial charge in [0.1, 0.15) is 48.8 Å². The van der Waals surface area contributed by atoms with Crippen molar-refractivity contribution in [3.05, 3.63) is 158 Å². The zero-order valence-corrected chi connectivity index (χ0v) is 56.0. The molecule has 0 aromatic rings. The summed E-state index contributed by atoms with van der Waals surface area (Å²) in [4.78, 5) is 13.3. The molecule has 0 spiro atoms. The van der Waals surface area contributed by atoms with E-state index in [4.69, 9.17) is 18.9 Å². The molecule has 2 aliphatic heterocycles. The Kier molecular flexibility index (Phi) is 53.9. The van der Waals surface area contributed by atoms with Crippen LogP contribution in [0.3, 0.4) is 0 Å². The molecule has 2 saturated heterocycles. The Labute approximate surface area is 550 Å². The van der Waals surface area contributed by atoms with Gasteiger partial charge in [-0.05, 0) is 122 Å². The number of hydrogen-bond acceptors (Lipinski definition) is 13. The predicted molar refractivity (Wildman–Crippen MR) is 373 cm³/mol. The molecule has 1 amide bonds. The van der Waals surface area contributed by atoms with Gasteiger partial charge < -0.3 is 65.1 Å². The quantitative estimate of drug-likeness (QED) is 0.0204. The third-order valence-electron chi connectivity index (χ3n) is 15.9. The van der Waals surface area contributed by atoms with Gasteiger partial charge in [-0.25, -0.2) is 0 Å². The zero-order valence-electron chi connectivity index (χ0n) is 56.0. The monoisotopic (exact) mass is 1270 g/mol. The highest BCUT2D eigenvalue weighted by Crippen LogP contribution is 2.30. The van der Waals surface area contributed by atoms with Crippen LogP contribution >= 0.6 is 0 Å². The van der Waals surface area contributed by atoms with Crippen LogP contribution in [-0.4, -0.2) is 140 Å². The third-order valence-corrected chi connectivity index (χ3v) is 15.9. The van der Waals surface area contributed by atoms with Crippen molar-refractivity contribution < 1.29 is 64.6 Å². The summed E-state index contributed by atoms with van der Waals surface area (Å²) in [5.74, 6) is -0.284. The maximum Gasteiger partial charge on any atom is 0.220 e. The number of amides is 1. The molecule has 12 unspecified atom stereocenters. The van der Waals surface area contributed by atoms with E-state index in [0.717, 1.165) is 116 Å². The molecule has 0 aromatic heterocycles. The van der Waals surface area contributed by atoms with Gasteiger partial charge in [-0.15, -0.1) is 0 Å². The smallest absolute Gasteiger partial charge is 0.220 e. The van der Waals surface area contributed by atoms with Crippen LogP contribution in [0.25, 0.3) is 0 Å². The first kappa shape index (κ1) is 82.7. The molecular formula is C77H125NO13. The Morgan fingerprint density at radius 1 is 0.407 bits per heavy atom. The minimum atomic E-state index is -1.80. The third kappa shape index (κ3) is 43.3. The maximum atomic E-state index is 13.3. The summed E-state index contributed by atoms with van der Waals surface area (Å²) in [5.41, 5.74) is 0. The number of carbonyl (C=O) groups is 1. The molecule has 516 valence electrons. The minimum absolute atomic E-state index is 0.229. The topological polar surface area (TPSA) is 228 Å². The van der Waals surface area contributed by atoms with E-state index in [1.165, 1.54) is 77.0 Å². The van der Waals surface area contributed by atoms with Crippen molar-refractivity contribution in [2.45, 2.75) is 299 Å². The number of unbranched alkanes of at least 4 members (excludes halogenated alkanes) is 18. The Morgan fingerprint density at radius 3 is 1.21 bits per heavy atom. The summed E-state index contributed by atoms with van der Waals surface area (Å²) in [7, 11) is 0. The largest absolute Gasteiger partial charge is 0.394 e. The van der Waals surface area contributed by atoms with E-state index in [1.54, 1.807) is 6.08 Å². The van der Waals surface area contributed by atoms with Crippen LogP contribution in [0.4, 0.5) is 0 Å². The summed E-state index contributed by atoms with van der Waals surface area (Å²) in [6.07, 6.45) is 74.3. The van der Waals surface area contributed by atoms with Crippen molar-refractivity contribution in [3.63, 3.8) is 0 Å². The van der Waals surface area contributed by atoms with E-state index >= 15 is 0 Å². The fourth-order valence-corrected chi connectivity index (χ4v) is 10.4. The molecule has 2 aliphatic rings. The van der Waals surface area contributed by atoms with E-state index in [1.807, 2.05) is 6.08 Å². The van der Waals surface area contributed by atoms with Gasteiger partial charge in [0.25, 0.3) is 0 Å². The summed E-state index contributed by atoms with van der Waals surface area (Å²) in [6.45, 7) is 2.64. The first-order valence-corrected chi connectivity index (χ1v) is 35.2. The lowest BCUT2D eigenvalue weighted by Crippen LogP contribution is -2.65. The molecule has 0 radical (unpaired) electrons. The second-order valence-corrected chi connectivity index (χ2v) is 23.9. The maximum absolute atomic E-state index is 13.3. The normalized spacial score (nSPS) is 23.8. The summed E-state index contributed by atoms with van der Waals surface area (Å²) in [5, 5.41) is 87.4. The first-order valence-electron chi connectivity index (χ1n) is 35.2. The fourth-order valence-electron chi connectivity index (χ4n) is 10.4. The Balaban J connectivity index is 1.73. The second kappa shape index (κ2) is 59.4. The van der Waals surface area contributed by atoms with Gasteiger partial charge in [0.2, 0.25) is 5.91 Å². The summed E-state index contributed by atoms with van der Waals surface area (Å²) >= 11 is 0. The van der Waals surface area contributed by atoms with Crippen LogP contribution in [0.1, 0.15) is 226 Å². The van der Waals surface area contributed by atoms with Crippen LogP contribution in [0.2, 0.25) is 0 Å². The second-order valence-electron chi connectivity index (χ2n) is 23.9. The van der Waals surface area contributed by atoms with Gasteiger partial charge in [0, 0.05) is 6.42 Å². The number of nitrogens with one attached hydrogen (secondary N) is 1. The predicted octanol–water partition coefficient (Wildman–Crippen LogP) is 14.6. The van der Waals surface area contributed by atoms with Gasteiger partial charge in [-0.1, -0.05) is 255 Å². The standard InChI is InChI=1S/C77H125NO13/c1-3-5-7-9-11-13-15-17-19-21-23-25-27-28-29-30-31-32-33-34-35-36-37-38-39-41-43-45-47-49-51-53-55-57-59-61-69(82)78-65(64-88-76-74(87)72(85)75(68(63-80)90-76)91-77-73(86)71(84)70(83)67(62-79)89-77)66(81)60-58-56-54-52-50-48-46-44-42-40-26-24-22-20-18-16-14-12-10-8-6-4-2/h5,7,11,13,17,19,23,25,28-29,31-32,34-35,37-38,41-44,47,49-50,52,58,60,65-68,70-77,79-81,83-87H,3-4,6,8-10,12,14-16,18,20-22,24,26-27,30,33,36,39-40,45-46,48,51,53-57,59,61-64H2,1-2H3,(H,78,82)/b7-5-,13-11-,19-17-,25-23-,29-28-,32-31-,35-34-,38-37-,43-41-,44-42+,49-47-,52-50+,60-58+. The molecule has 9 N–H and O–H groups in total. The number of ether oxygens (including phenoxy) is 4. The van der Waals surface area contributed by atoms with Crippen molar-refractivity contribution in [2.75, 3.05) is 19.8 Å². The average Bonchev–Trinajstić information content (AvgIpc) is 0.888. The average molecular weight is 1270 g/mol. The van der Waals surface area contributed by atoms with Gasteiger partial charge in [-0.2, -0.15) is 0 Å². The van der Waals surface area contributed by atoms with Crippen molar-refractivity contribution in [1.29, 1.82) is 0 Å². The molecule has 2 fully saturated rings. The number of aliphatic hydroxyl groups excluding tert-OH is 8. The van der Waals surface area contributed by atoms with E-state index in [2.05, 4.69) is 165 Å². The zero-order chi connectivity index (χ0) is 65.9. The SMILES string of the molecule is CC/C=C\C/C=C\C/C=C\C/C=C\C/C=C\C/C=C\C/C=C\C/C=C\C/C=C\C/C=C\CCCCCCC(=O)NC(COC1OC(CO)C(OC2OC(CO)C(O)C(O)C2O)C(O)C1O)C(O)/C=C/CC/C=C/CC/C=C/CCCCCCCCCCCCCC. The molecule has 0 aliphatic carbocycles. The van der Waals surface area contributed by atoms with Crippen molar-refractivity contribution >= 4 is 5.91 Å². The minimum Gasteiger partial charge on any atom is -0.394 e. The van der Waals surface area contributed by atoms with Crippen LogP contribution < -0.4 is 5.32 Å². The summed E-state index contributed by atoms with van der Waals surface area (Å²) < 4.78 is 22.8. The Bertz CT molecular complexity index is 2140. The van der Waals surface area contributed by atoms with Crippen molar-refractivity contribution in [1.82, 2.24) is 5.32 Å². The summed E-state index contributed by atoms with van der Waals surface area (Å²) in [6, 6.07) is -0.966. The lowest BCUT2D eigenvalue weighted by molar-refractivity contribution is -0.359. The van der Waals surface area contributed by atoms with Crippen molar-refractivity contribution in [3.8, 4) is 0 Å². The molecule has 0 bridgehead atoms. The molecule has 91 heavy (non-hydrogen) atoms. The van der Waals surface area contributed by atoms with Gasteiger partial charge in [0.05, 0.1) is 32.0 Å². The molecular weight excluding hydrogens is 1150 g/mol. The number of allylic oxidation sites excluding steroid dienone is 25. The van der Waals surface area contributed by atoms with Gasteiger partial charge in [-0.3, -0.25) is 4.79 Å². The highest BCUT2D eigenvalue weighted by atomic mass is 16.7. The highest BCUT2D eigenvalue weighted by Gasteiger charge is 2.51. The van der Waals surface area contributed by atoms with E-state index in [0.29, 0.717) is 12.8 Å². The van der Waals surface area contributed by atoms with Gasteiger partial charge >= 0.3 is 0 Å². The number of rotatable bonds is 55. The van der Waals surface area contributed by atoms with Crippen molar-refractivity contribution in [2.24, 2.45) is 0 Å². The molecule has 0 saturated carbocycles. The molecule has 14 heteroatoms. The van der Waals surface area contributed by atoms with E-state index in [9.17, 15) is 45.6 Å². The van der Waals surface area contributed by atoms with Crippen LogP contribution in [0.15, 0.2) is 158 Å². The highest BCUT2D eigenvalue weighted by molar-refractivity contribution is 5.76. The Hall–Kier alpha value is -4.39. The lowest BCUT2D eigenvalue weighted by atomic mass is 9.97. The number of hydrogen-bond donors (Lipinski definition) is 9. The Morgan fingerprint density at radius 2 is 0.769 bits per heavy atom.